The predicted molar refractivity (Wildman–Crippen MR) is 90.6 cm³/mol. The first-order chi connectivity index (χ1) is 11.3. The Balaban J connectivity index is 1.76. The van der Waals surface area contributed by atoms with Crippen LogP contribution >= 0.6 is 11.3 Å². The molecular formula is C18H21F3N2S. The second-order valence-corrected chi connectivity index (χ2v) is 7.62. The molecule has 24 heavy (non-hydrogen) atoms. The summed E-state index contributed by atoms with van der Waals surface area (Å²) >= 11 is 1.66. The van der Waals surface area contributed by atoms with Crippen molar-refractivity contribution in [3.05, 3.63) is 51.0 Å². The Labute approximate surface area is 144 Å². The van der Waals surface area contributed by atoms with Gasteiger partial charge in [-0.3, -0.25) is 0 Å². The van der Waals surface area contributed by atoms with Crippen LogP contribution in [0.2, 0.25) is 0 Å². The summed E-state index contributed by atoms with van der Waals surface area (Å²) in [6.45, 7) is 4.19. The van der Waals surface area contributed by atoms with E-state index in [0.717, 1.165) is 42.7 Å². The maximum absolute atomic E-state index is 12.8. The van der Waals surface area contributed by atoms with Gasteiger partial charge in [-0.25, -0.2) is 4.98 Å². The molecular weight excluding hydrogens is 333 g/mol. The minimum atomic E-state index is -4.30. The number of likely N-dealkylation sites (tertiary alicyclic amines) is 1. The third kappa shape index (κ3) is 3.98. The van der Waals surface area contributed by atoms with Crippen molar-refractivity contribution in [1.29, 1.82) is 0 Å². The van der Waals surface area contributed by atoms with Crippen LogP contribution in [0.15, 0.2) is 24.3 Å². The van der Waals surface area contributed by atoms with Gasteiger partial charge in [0, 0.05) is 11.3 Å². The number of halogens is 3. The van der Waals surface area contributed by atoms with E-state index in [1.54, 1.807) is 17.4 Å². The molecule has 0 aliphatic carbocycles. The summed E-state index contributed by atoms with van der Waals surface area (Å²) in [4.78, 5) is 8.26. The number of alkyl halides is 3. The summed E-state index contributed by atoms with van der Waals surface area (Å²) in [5.41, 5.74) is 1.11. The zero-order valence-electron chi connectivity index (χ0n) is 13.9. The van der Waals surface area contributed by atoms with Crippen LogP contribution in [0.25, 0.3) is 0 Å². The Morgan fingerprint density at radius 3 is 2.62 bits per heavy atom. The van der Waals surface area contributed by atoms with Crippen molar-refractivity contribution >= 4 is 11.3 Å². The molecule has 0 saturated carbocycles. The molecule has 130 valence electrons. The van der Waals surface area contributed by atoms with E-state index in [2.05, 4.69) is 16.9 Å². The molecule has 1 saturated heterocycles. The topological polar surface area (TPSA) is 16.1 Å². The molecule has 2 nitrogen and oxygen atoms in total. The number of thiazole rings is 1. The third-order valence-electron chi connectivity index (χ3n) is 4.58. The Bertz CT molecular complexity index is 701. The second kappa shape index (κ2) is 6.84. The van der Waals surface area contributed by atoms with Gasteiger partial charge in [0.15, 0.2) is 0 Å². The van der Waals surface area contributed by atoms with Crippen LogP contribution < -0.4 is 0 Å². The lowest BCUT2D eigenvalue weighted by atomic mass is 9.95. The van der Waals surface area contributed by atoms with Crippen molar-refractivity contribution in [2.24, 2.45) is 0 Å². The standard InChI is InChI=1S/C18H21F3N2S/c1-12-17(14-6-8-23(2)9-7-14)24-16(22-12)11-13-4-3-5-15(10-13)18(19,20)21/h3-5,10,14H,6-9,11H2,1-2H3. The average molecular weight is 354 g/mol. The Kier molecular flexibility index (Phi) is 4.97. The molecule has 0 spiro atoms. The molecule has 0 bridgehead atoms. The molecule has 0 unspecified atom stereocenters. The molecule has 1 aromatic carbocycles. The third-order valence-corrected chi connectivity index (χ3v) is 5.90. The molecule has 1 fully saturated rings. The van der Waals surface area contributed by atoms with E-state index in [1.165, 1.54) is 17.0 Å². The van der Waals surface area contributed by atoms with Crippen molar-refractivity contribution in [3.8, 4) is 0 Å². The van der Waals surface area contributed by atoms with Crippen LogP contribution in [-0.2, 0) is 12.6 Å². The normalized spacial score (nSPS) is 17.4. The monoisotopic (exact) mass is 354 g/mol. The molecule has 1 aliphatic rings. The fourth-order valence-electron chi connectivity index (χ4n) is 3.22. The lowest BCUT2D eigenvalue weighted by Gasteiger charge is -2.28. The van der Waals surface area contributed by atoms with Gasteiger partial charge in [0.2, 0.25) is 0 Å². The summed E-state index contributed by atoms with van der Waals surface area (Å²) in [6, 6.07) is 5.55. The van der Waals surface area contributed by atoms with Crippen molar-refractivity contribution in [1.82, 2.24) is 9.88 Å². The van der Waals surface area contributed by atoms with Crippen LogP contribution in [0.1, 0.15) is 45.5 Å². The zero-order valence-corrected chi connectivity index (χ0v) is 14.7. The molecule has 2 heterocycles. The maximum Gasteiger partial charge on any atom is 0.416 e. The Morgan fingerprint density at radius 1 is 1.25 bits per heavy atom. The van der Waals surface area contributed by atoms with Crippen molar-refractivity contribution in [2.45, 2.75) is 38.3 Å². The summed E-state index contributed by atoms with van der Waals surface area (Å²) in [5, 5.41) is 0.903. The first kappa shape index (κ1) is 17.4. The predicted octanol–water partition coefficient (Wildman–Crippen LogP) is 4.87. The number of nitrogens with zero attached hydrogens (tertiary/aromatic N) is 2. The van der Waals surface area contributed by atoms with Gasteiger partial charge in [-0.1, -0.05) is 18.2 Å². The zero-order chi connectivity index (χ0) is 17.3. The fraction of sp³-hybridized carbons (Fsp3) is 0.500. The largest absolute Gasteiger partial charge is 0.416 e. The minimum Gasteiger partial charge on any atom is -0.306 e. The summed E-state index contributed by atoms with van der Waals surface area (Å²) in [5.74, 6) is 0.536. The molecule has 0 N–H and O–H groups in total. The van der Waals surface area contributed by atoms with Crippen LogP contribution in [-0.4, -0.2) is 30.0 Å². The van der Waals surface area contributed by atoms with Gasteiger partial charge in [-0.15, -0.1) is 11.3 Å². The number of aryl methyl sites for hydroxylation is 1. The summed E-state index contributed by atoms with van der Waals surface area (Å²) in [7, 11) is 2.13. The van der Waals surface area contributed by atoms with E-state index in [-0.39, 0.29) is 0 Å². The van der Waals surface area contributed by atoms with E-state index in [1.807, 2.05) is 6.92 Å². The SMILES string of the molecule is Cc1nc(Cc2cccc(C(F)(F)F)c2)sc1C1CCN(C)CC1. The van der Waals surface area contributed by atoms with Gasteiger partial charge in [-0.05, 0) is 57.5 Å². The highest BCUT2D eigenvalue weighted by Crippen LogP contribution is 2.35. The van der Waals surface area contributed by atoms with Gasteiger partial charge in [-0.2, -0.15) is 13.2 Å². The second-order valence-electron chi connectivity index (χ2n) is 6.51. The average Bonchev–Trinajstić information content (AvgIpc) is 2.88. The van der Waals surface area contributed by atoms with Crippen LogP contribution in [0.5, 0.6) is 0 Å². The van der Waals surface area contributed by atoms with Crippen LogP contribution in [0.3, 0.4) is 0 Å². The number of rotatable bonds is 3. The highest BCUT2D eigenvalue weighted by atomic mass is 32.1. The number of aromatic nitrogens is 1. The van der Waals surface area contributed by atoms with Gasteiger partial charge in [0.25, 0.3) is 0 Å². The van der Waals surface area contributed by atoms with Gasteiger partial charge >= 0.3 is 6.18 Å². The van der Waals surface area contributed by atoms with Gasteiger partial charge < -0.3 is 4.90 Å². The van der Waals surface area contributed by atoms with E-state index in [0.29, 0.717) is 17.9 Å². The van der Waals surface area contributed by atoms with Crippen LogP contribution in [0.4, 0.5) is 13.2 Å². The van der Waals surface area contributed by atoms with E-state index in [9.17, 15) is 13.2 Å². The molecule has 0 atom stereocenters. The molecule has 2 aromatic rings. The number of hydrogen-bond donors (Lipinski definition) is 0. The smallest absolute Gasteiger partial charge is 0.306 e. The minimum absolute atomic E-state index is 0.460. The van der Waals surface area contributed by atoms with Crippen molar-refractivity contribution in [2.75, 3.05) is 20.1 Å². The quantitative estimate of drug-likeness (QED) is 0.782. The first-order valence-electron chi connectivity index (χ1n) is 8.14. The maximum atomic E-state index is 12.8. The summed E-state index contributed by atoms with van der Waals surface area (Å²) < 4.78 is 38.5. The number of hydrogen-bond acceptors (Lipinski definition) is 3. The van der Waals surface area contributed by atoms with E-state index >= 15 is 0 Å². The summed E-state index contributed by atoms with van der Waals surface area (Å²) in [6.07, 6.45) is -1.58. The Hall–Kier alpha value is -1.40. The molecule has 0 amide bonds. The lowest BCUT2D eigenvalue weighted by Crippen LogP contribution is -2.29. The molecule has 6 heteroatoms. The molecule has 1 aliphatic heterocycles. The fourth-order valence-corrected chi connectivity index (χ4v) is 4.49. The lowest BCUT2D eigenvalue weighted by molar-refractivity contribution is -0.137. The van der Waals surface area contributed by atoms with Crippen molar-refractivity contribution in [3.63, 3.8) is 0 Å². The highest BCUT2D eigenvalue weighted by Gasteiger charge is 2.30. The first-order valence-corrected chi connectivity index (χ1v) is 8.95. The number of piperidine rings is 1. The highest BCUT2D eigenvalue weighted by molar-refractivity contribution is 7.11. The van der Waals surface area contributed by atoms with Gasteiger partial charge in [0.05, 0.1) is 16.3 Å². The van der Waals surface area contributed by atoms with Gasteiger partial charge in [0.1, 0.15) is 0 Å². The molecule has 0 radical (unpaired) electrons. The number of benzene rings is 1. The van der Waals surface area contributed by atoms with E-state index in [4.69, 9.17) is 0 Å². The van der Waals surface area contributed by atoms with E-state index < -0.39 is 11.7 Å². The molecule has 3 rings (SSSR count). The Morgan fingerprint density at radius 2 is 1.96 bits per heavy atom. The van der Waals surface area contributed by atoms with Crippen LogP contribution in [0, 0.1) is 6.92 Å². The van der Waals surface area contributed by atoms with Crippen molar-refractivity contribution < 1.29 is 13.2 Å². The molecule has 1 aromatic heterocycles.